The molecule has 110 valence electrons. The number of nitrogens with one attached hydrogen (secondary N) is 1. The van der Waals surface area contributed by atoms with E-state index in [1.807, 2.05) is 0 Å². The third-order valence-corrected chi connectivity index (χ3v) is 4.58. The molecular formula is C13H14N4O3S. The van der Waals surface area contributed by atoms with E-state index in [1.54, 1.807) is 4.90 Å². The zero-order valence-corrected chi connectivity index (χ0v) is 12.0. The predicted octanol–water partition coefficient (Wildman–Crippen LogP) is -0.303. The molecule has 0 bridgehead atoms. The Morgan fingerprint density at radius 2 is 2.14 bits per heavy atom. The first kappa shape index (κ1) is 14.0. The molecule has 0 saturated carbocycles. The van der Waals surface area contributed by atoms with Gasteiger partial charge >= 0.3 is 0 Å². The lowest BCUT2D eigenvalue weighted by atomic mass is 9.98. The zero-order valence-electron chi connectivity index (χ0n) is 11.2. The Balaban J connectivity index is 1.50. The van der Waals surface area contributed by atoms with Gasteiger partial charge in [-0.15, -0.1) is 0 Å². The van der Waals surface area contributed by atoms with E-state index >= 15 is 0 Å². The second-order valence-electron chi connectivity index (χ2n) is 5.02. The monoisotopic (exact) mass is 306 g/mol. The quantitative estimate of drug-likeness (QED) is 0.824. The van der Waals surface area contributed by atoms with Crippen LogP contribution in [0.25, 0.3) is 0 Å². The number of rotatable bonds is 3. The van der Waals surface area contributed by atoms with Crippen molar-refractivity contribution in [3.8, 4) is 0 Å². The normalized spacial score (nSPS) is 22.0. The molecule has 1 atom stereocenters. The summed E-state index contributed by atoms with van der Waals surface area (Å²) in [5, 5.41) is 2.78. The molecule has 2 fully saturated rings. The van der Waals surface area contributed by atoms with E-state index in [4.69, 9.17) is 0 Å². The average molecular weight is 306 g/mol. The van der Waals surface area contributed by atoms with Crippen LogP contribution in [0.3, 0.4) is 0 Å². The van der Waals surface area contributed by atoms with Gasteiger partial charge in [0.1, 0.15) is 5.69 Å². The molecule has 1 N–H and O–H groups in total. The van der Waals surface area contributed by atoms with E-state index in [2.05, 4.69) is 15.3 Å². The van der Waals surface area contributed by atoms with Crippen molar-refractivity contribution in [1.82, 2.24) is 20.2 Å². The molecule has 1 aromatic rings. The van der Waals surface area contributed by atoms with Gasteiger partial charge in [0.25, 0.3) is 5.91 Å². The Hall–Kier alpha value is -1.96. The minimum absolute atomic E-state index is 0.0233. The van der Waals surface area contributed by atoms with E-state index in [-0.39, 0.29) is 34.6 Å². The molecule has 3 heterocycles. The maximum Gasteiger partial charge on any atom is 0.274 e. The number of likely N-dealkylation sites (tertiary alicyclic amines) is 1. The van der Waals surface area contributed by atoms with Crippen molar-refractivity contribution in [2.24, 2.45) is 5.92 Å². The Labute approximate surface area is 125 Å². The van der Waals surface area contributed by atoms with Crippen molar-refractivity contribution in [2.75, 3.05) is 18.8 Å². The predicted molar refractivity (Wildman–Crippen MR) is 75.4 cm³/mol. The summed E-state index contributed by atoms with van der Waals surface area (Å²) in [6.45, 7) is 0.713. The topological polar surface area (TPSA) is 92.3 Å². The van der Waals surface area contributed by atoms with Gasteiger partial charge in [-0.05, 0) is 6.42 Å². The van der Waals surface area contributed by atoms with E-state index < -0.39 is 0 Å². The average Bonchev–Trinajstić information content (AvgIpc) is 2.83. The van der Waals surface area contributed by atoms with Gasteiger partial charge in [-0.25, -0.2) is 4.98 Å². The van der Waals surface area contributed by atoms with Crippen molar-refractivity contribution in [3.05, 3.63) is 24.3 Å². The summed E-state index contributed by atoms with van der Waals surface area (Å²) in [4.78, 5) is 44.8. The van der Waals surface area contributed by atoms with Crippen LogP contribution >= 0.6 is 11.8 Å². The highest BCUT2D eigenvalue weighted by Crippen LogP contribution is 2.22. The second-order valence-corrected chi connectivity index (χ2v) is 6.11. The van der Waals surface area contributed by atoms with E-state index in [9.17, 15) is 14.4 Å². The SMILES string of the molecule is O=C(NC1CCSC1=O)C1CN(C(=O)c2cnccn2)C1. The van der Waals surface area contributed by atoms with Crippen LogP contribution < -0.4 is 5.32 Å². The minimum Gasteiger partial charge on any atom is -0.345 e. The molecule has 2 aliphatic heterocycles. The maximum absolute atomic E-state index is 12.0. The highest BCUT2D eigenvalue weighted by Gasteiger charge is 2.38. The Kier molecular flexibility index (Phi) is 3.87. The molecular weight excluding hydrogens is 292 g/mol. The van der Waals surface area contributed by atoms with Gasteiger partial charge in [-0.2, -0.15) is 0 Å². The summed E-state index contributed by atoms with van der Waals surface area (Å²) in [5.74, 6) is 0.133. The van der Waals surface area contributed by atoms with Crippen molar-refractivity contribution in [2.45, 2.75) is 12.5 Å². The fourth-order valence-corrected chi connectivity index (χ4v) is 3.23. The standard InChI is InChI=1S/C13H14N4O3S/c18-11(16-9-1-4-21-13(9)20)8-6-17(7-8)12(19)10-5-14-2-3-15-10/h2-3,5,8-9H,1,4,6-7H2,(H,16,18). The molecule has 3 rings (SSSR count). The second kappa shape index (κ2) is 5.80. The molecule has 0 aliphatic carbocycles. The molecule has 0 aromatic carbocycles. The van der Waals surface area contributed by atoms with E-state index in [0.29, 0.717) is 19.5 Å². The molecule has 2 saturated heterocycles. The number of nitrogens with zero attached hydrogens (tertiary/aromatic N) is 3. The first-order chi connectivity index (χ1) is 10.1. The molecule has 1 unspecified atom stereocenters. The van der Waals surface area contributed by atoms with Crippen LogP contribution in [0.5, 0.6) is 0 Å². The summed E-state index contributed by atoms with van der Waals surface area (Å²) >= 11 is 1.25. The highest BCUT2D eigenvalue weighted by atomic mass is 32.2. The summed E-state index contributed by atoms with van der Waals surface area (Å²) in [5.41, 5.74) is 0.277. The van der Waals surface area contributed by atoms with Crippen molar-refractivity contribution in [3.63, 3.8) is 0 Å². The maximum atomic E-state index is 12.0. The number of aromatic nitrogens is 2. The smallest absolute Gasteiger partial charge is 0.274 e. The van der Waals surface area contributed by atoms with Crippen molar-refractivity contribution >= 4 is 28.7 Å². The lowest BCUT2D eigenvalue weighted by Gasteiger charge is -2.38. The van der Waals surface area contributed by atoms with Crippen LogP contribution in [0.2, 0.25) is 0 Å². The lowest BCUT2D eigenvalue weighted by Crippen LogP contribution is -2.57. The number of amides is 2. The Morgan fingerprint density at radius 3 is 2.76 bits per heavy atom. The molecule has 0 radical (unpaired) electrons. The molecule has 21 heavy (non-hydrogen) atoms. The number of hydrogen-bond acceptors (Lipinski definition) is 6. The number of carbonyl (C=O) groups excluding carboxylic acids is 3. The van der Waals surface area contributed by atoms with E-state index in [1.165, 1.54) is 30.4 Å². The van der Waals surface area contributed by atoms with Gasteiger partial charge < -0.3 is 10.2 Å². The van der Waals surface area contributed by atoms with Crippen LogP contribution in [-0.2, 0) is 9.59 Å². The van der Waals surface area contributed by atoms with Crippen LogP contribution in [0.4, 0.5) is 0 Å². The van der Waals surface area contributed by atoms with E-state index in [0.717, 1.165) is 5.75 Å². The fraction of sp³-hybridized carbons (Fsp3) is 0.462. The highest BCUT2D eigenvalue weighted by molar-refractivity contribution is 8.14. The number of carbonyl (C=O) groups is 3. The van der Waals surface area contributed by atoms with Crippen LogP contribution in [0.1, 0.15) is 16.9 Å². The molecule has 7 nitrogen and oxygen atoms in total. The summed E-state index contributed by atoms with van der Waals surface area (Å²) < 4.78 is 0. The summed E-state index contributed by atoms with van der Waals surface area (Å²) in [6.07, 6.45) is 5.05. The Morgan fingerprint density at radius 1 is 1.33 bits per heavy atom. The first-order valence-corrected chi connectivity index (χ1v) is 7.66. The Bertz CT molecular complexity index is 574. The zero-order chi connectivity index (χ0) is 14.8. The van der Waals surface area contributed by atoms with Gasteiger partial charge in [0.2, 0.25) is 11.0 Å². The minimum atomic E-state index is -0.368. The van der Waals surface area contributed by atoms with Gasteiger partial charge in [0.15, 0.2) is 0 Å². The van der Waals surface area contributed by atoms with Crippen LogP contribution in [0.15, 0.2) is 18.6 Å². The molecule has 0 spiro atoms. The van der Waals surface area contributed by atoms with Gasteiger partial charge in [-0.1, -0.05) is 11.8 Å². The largest absolute Gasteiger partial charge is 0.345 e. The van der Waals surface area contributed by atoms with Crippen molar-refractivity contribution in [1.29, 1.82) is 0 Å². The number of hydrogen-bond donors (Lipinski definition) is 1. The molecule has 2 amide bonds. The molecule has 2 aliphatic rings. The first-order valence-electron chi connectivity index (χ1n) is 6.67. The third kappa shape index (κ3) is 2.90. The van der Waals surface area contributed by atoms with Gasteiger partial charge in [-0.3, -0.25) is 19.4 Å². The molecule has 1 aromatic heterocycles. The van der Waals surface area contributed by atoms with Gasteiger partial charge in [0, 0.05) is 31.2 Å². The summed E-state index contributed by atoms with van der Waals surface area (Å²) in [6, 6.07) is -0.368. The summed E-state index contributed by atoms with van der Waals surface area (Å²) in [7, 11) is 0. The van der Waals surface area contributed by atoms with Crippen molar-refractivity contribution < 1.29 is 14.4 Å². The lowest BCUT2D eigenvalue weighted by molar-refractivity contribution is -0.131. The fourth-order valence-electron chi connectivity index (χ4n) is 2.30. The molecule has 8 heteroatoms. The third-order valence-electron chi connectivity index (χ3n) is 3.57. The van der Waals surface area contributed by atoms with Crippen LogP contribution in [-0.4, -0.2) is 56.7 Å². The number of thioether (sulfide) groups is 1. The van der Waals surface area contributed by atoms with Gasteiger partial charge in [0.05, 0.1) is 18.2 Å². The van der Waals surface area contributed by atoms with Crippen LogP contribution in [0, 0.1) is 5.92 Å².